The Balaban J connectivity index is 1.73. The Morgan fingerprint density at radius 1 is 1.13 bits per heavy atom. The molecule has 31 heavy (non-hydrogen) atoms. The summed E-state index contributed by atoms with van der Waals surface area (Å²) in [6, 6.07) is 6.13. The smallest absolute Gasteiger partial charge is 0.322 e. The number of likely N-dealkylation sites (tertiary alicyclic amines) is 1. The van der Waals surface area contributed by atoms with Gasteiger partial charge in [0.1, 0.15) is 11.6 Å². The number of imide groups is 1. The molecule has 2 fully saturated rings. The maximum absolute atomic E-state index is 13.3. The Labute approximate surface area is 183 Å². The number of hydrogen-bond donors (Lipinski definition) is 3. The second-order valence-corrected chi connectivity index (χ2v) is 9.88. The molecule has 2 aliphatic heterocycles. The molecule has 3 N–H and O–H groups in total. The number of carbonyl (C=O) groups excluding carboxylic acids is 4. The molecule has 3 rings (SSSR count). The van der Waals surface area contributed by atoms with E-state index >= 15 is 0 Å². The molecule has 8 heteroatoms. The first-order valence-electron chi connectivity index (χ1n) is 10.8. The van der Waals surface area contributed by atoms with Crippen molar-refractivity contribution >= 4 is 23.8 Å². The Hall–Kier alpha value is -2.90. The lowest BCUT2D eigenvalue weighted by atomic mass is 9.86. The molecule has 2 unspecified atom stereocenters. The van der Waals surface area contributed by atoms with Crippen LogP contribution in [-0.4, -0.2) is 53.3 Å². The standard InChI is InChI=1S/C23H32N4O4/c1-14(2)17(24-18(28)15-7-9-16(10-8-15)22(3,4)5)19(29)27-12-6-11-23(13-27)20(30)25-21(31)26-23/h7-10,14,17H,6,11-13H2,1-5H3,(H,24,28)(H2,25,26,30,31). The molecular formula is C23H32N4O4. The van der Waals surface area contributed by atoms with E-state index in [1.54, 1.807) is 17.0 Å². The van der Waals surface area contributed by atoms with Gasteiger partial charge in [0.05, 0.1) is 6.54 Å². The van der Waals surface area contributed by atoms with Crippen molar-refractivity contribution in [2.45, 2.75) is 64.5 Å². The van der Waals surface area contributed by atoms with Crippen molar-refractivity contribution in [2.75, 3.05) is 13.1 Å². The molecule has 0 bridgehead atoms. The summed E-state index contributed by atoms with van der Waals surface area (Å²) in [5.41, 5.74) is 0.511. The second kappa shape index (κ2) is 8.32. The summed E-state index contributed by atoms with van der Waals surface area (Å²) < 4.78 is 0. The molecule has 2 atom stereocenters. The number of carbonyl (C=O) groups is 4. The van der Waals surface area contributed by atoms with Crippen molar-refractivity contribution in [1.82, 2.24) is 20.9 Å². The molecule has 1 spiro atoms. The molecule has 1 aromatic carbocycles. The molecule has 8 nitrogen and oxygen atoms in total. The van der Waals surface area contributed by atoms with E-state index in [1.165, 1.54) is 0 Å². The van der Waals surface area contributed by atoms with Crippen LogP contribution >= 0.6 is 0 Å². The maximum Gasteiger partial charge on any atom is 0.322 e. The van der Waals surface area contributed by atoms with E-state index in [9.17, 15) is 19.2 Å². The highest BCUT2D eigenvalue weighted by Gasteiger charge is 2.50. The predicted octanol–water partition coefficient (Wildman–Crippen LogP) is 1.94. The molecule has 0 aromatic heterocycles. The molecule has 0 saturated carbocycles. The van der Waals surface area contributed by atoms with Gasteiger partial charge in [0.15, 0.2) is 0 Å². The fraction of sp³-hybridized carbons (Fsp3) is 0.565. The zero-order valence-corrected chi connectivity index (χ0v) is 18.9. The molecule has 0 aliphatic carbocycles. The summed E-state index contributed by atoms with van der Waals surface area (Å²) in [6.45, 7) is 10.6. The van der Waals surface area contributed by atoms with Crippen LogP contribution in [0.4, 0.5) is 4.79 Å². The van der Waals surface area contributed by atoms with Gasteiger partial charge in [-0.05, 0) is 41.9 Å². The molecular weight excluding hydrogens is 396 g/mol. The summed E-state index contributed by atoms with van der Waals surface area (Å²) in [7, 11) is 0. The number of urea groups is 1. The van der Waals surface area contributed by atoms with Gasteiger partial charge in [-0.2, -0.15) is 0 Å². The van der Waals surface area contributed by atoms with E-state index in [0.29, 0.717) is 24.9 Å². The summed E-state index contributed by atoms with van der Waals surface area (Å²) in [6.07, 6.45) is 1.07. The van der Waals surface area contributed by atoms with E-state index in [1.807, 2.05) is 26.0 Å². The monoisotopic (exact) mass is 428 g/mol. The van der Waals surface area contributed by atoms with Gasteiger partial charge in [-0.3, -0.25) is 19.7 Å². The van der Waals surface area contributed by atoms with Gasteiger partial charge in [0.2, 0.25) is 5.91 Å². The third kappa shape index (κ3) is 4.73. The lowest BCUT2D eigenvalue weighted by Crippen LogP contribution is -2.62. The van der Waals surface area contributed by atoms with Crippen LogP contribution in [0.1, 0.15) is 63.4 Å². The fourth-order valence-corrected chi connectivity index (χ4v) is 4.12. The van der Waals surface area contributed by atoms with Crippen LogP contribution in [0.5, 0.6) is 0 Å². The number of nitrogens with one attached hydrogen (secondary N) is 3. The van der Waals surface area contributed by atoms with Gasteiger partial charge in [0.25, 0.3) is 11.8 Å². The Kier molecular flexibility index (Phi) is 6.11. The molecule has 2 aliphatic rings. The van der Waals surface area contributed by atoms with Crippen molar-refractivity contribution in [3.8, 4) is 0 Å². The van der Waals surface area contributed by atoms with Crippen molar-refractivity contribution in [3.05, 3.63) is 35.4 Å². The summed E-state index contributed by atoms with van der Waals surface area (Å²) in [5, 5.41) is 7.80. The minimum Gasteiger partial charge on any atom is -0.340 e. The largest absolute Gasteiger partial charge is 0.340 e. The molecule has 0 radical (unpaired) electrons. The number of hydrogen-bond acceptors (Lipinski definition) is 4. The number of nitrogens with zero attached hydrogens (tertiary/aromatic N) is 1. The number of rotatable bonds is 4. The van der Waals surface area contributed by atoms with Crippen LogP contribution in [0, 0.1) is 5.92 Å². The quantitative estimate of drug-likeness (QED) is 0.637. The topological polar surface area (TPSA) is 108 Å². The molecule has 168 valence electrons. The minimum atomic E-state index is -1.08. The van der Waals surface area contributed by atoms with E-state index in [2.05, 4.69) is 36.7 Å². The van der Waals surface area contributed by atoms with Crippen LogP contribution in [-0.2, 0) is 15.0 Å². The molecule has 2 heterocycles. The molecule has 2 saturated heterocycles. The first-order valence-corrected chi connectivity index (χ1v) is 10.8. The normalized spacial score (nSPS) is 22.3. The van der Waals surface area contributed by atoms with Crippen molar-refractivity contribution in [1.29, 1.82) is 0 Å². The lowest BCUT2D eigenvalue weighted by molar-refractivity contribution is -0.138. The van der Waals surface area contributed by atoms with E-state index in [4.69, 9.17) is 0 Å². The average Bonchev–Trinajstić information content (AvgIpc) is 2.96. The third-order valence-corrected chi connectivity index (χ3v) is 6.05. The van der Waals surface area contributed by atoms with Gasteiger partial charge in [-0.1, -0.05) is 46.8 Å². The van der Waals surface area contributed by atoms with E-state index < -0.39 is 23.5 Å². The Bertz CT molecular complexity index is 888. The second-order valence-electron chi connectivity index (χ2n) is 9.88. The summed E-state index contributed by atoms with van der Waals surface area (Å²) >= 11 is 0. The van der Waals surface area contributed by atoms with Crippen molar-refractivity contribution in [3.63, 3.8) is 0 Å². The molecule has 1 aromatic rings. The van der Waals surface area contributed by atoms with Crippen molar-refractivity contribution in [2.24, 2.45) is 5.92 Å². The lowest BCUT2D eigenvalue weighted by Gasteiger charge is -2.40. The van der Waals surface area contributed by atoms with Crippen LogP contribution in [0.3, 0.4) is 0 Å². The highest BCUT2D eigenvalue weighted by molar-refractivity contribution is 6.07. The van der Waals surface area contributed by atoms with Crippen molar-refractivity contribution < 1.29 is 19.2 Å². The summed E-state index contributed by atoms with van der Waals surface area (Å²) in [5.74, 6) is -1.11. The first-order chi connectivity index (χ1) is 14.4. The zero-order valence-electron chi connectivity index (χ0n) is 18.9. The highest BCUT2D eigenvalue weighted by atomic mass is 16.2. The van der Waals surface area contributed by atoms with Gasteiger partial charge in [-0.25, -0.2) is 4.79 Å². The predicted molar refractivity (Wildman–Crippen MR) is 116 cm³/mol. The SMILES string of the molecule is CC(C)C(NC(=O)c1ccc(C(C)(C)C)cc1)C(=O)N1CCCC2(C1)NC(=O)NC2=O. The van der Waals surface area contributed by atoms with Gasteiger partial charge in [0, 0.05) is 12.1 Å². The van der Waals surface area contributed by atoms with Crippen LogP contribution < -0.4 is 16.0 Å². The van der Waals surface area contributed by atoms with Crippen LogP contribution in [0.25, 0.3) is 0 Å². The number of benzene rings is 1. The number of piperidine rings is 1. The van der Waals surface area contributed by atoms with Gasteiger partial charge in [-0.15, -0.1) is 0 Å². The van der Waals surface area contributed by atoms with Crippen LogP contribution in [0.15, 0.2) is 24.3 Å². The summed E-state index contributed by atoms with van der Waals surface area (Å²) in [4.78, 5) is 51.6. The zero-order chi connectivity index (χ0) is 23.0. The maximum atomic E-state index is 13.3. The average molecular weight is 429 g/mol. The molecule has 5 amide bonds. The van der Waals surface area contributed by atoms with E-state index in [-0.39, 0.29) is 29.7 Å². The van der Waals surface area contributed by atoms with Gasteiger partial charge >= 0.3 is 6.03 Å². The van der Waals surface area contributed by atoms with E-state index in [0.717, 1.165) is 5.56 Å². The Morgan fingerprint density at radius 2 is 1.77 bits per heavy atom. The highest BCUT2D eigenvalue weighted by Crippen LogP contribution is 2.26. The number of amides is 5. The van der Waals surface area contributed by atoms with Crippen LogP contribution in [0.2, 0.25) is 0 Å². The Morgan fingerprint density at radius 3 is 2.29 bits per heavy atom. The minimum absolute atomic E-state index is 0.0163. The fourth-order valence-electron chi connectivity index (χ4n) is 4.12. The first kappa shape index (κ1) is 22.8. The third-order valence-electron chi connectivity index (χ3n) is 6.05. The van der Waals surface area contributed by atoms with Gasteiger partial charge < -0.3 is 15.5 Å².